The van der Waals surface area contributed by atoms with Gasteiger partial charge >= 0.3 is 5.91 Å². The van der Waals surface area contributed by atoms with Gasteiger partial charge in [-0.3, -0.25) is 14.5 Å². The summed E-state index contributed by atoms with van der Waals surface area (Å²) in [5, 5.41) is 11.6. The molecule has 6 rings (SSSR count). The summed E-state index contributed by atoms with van der Waals surface area (Å²) in [5.41, 5.74) is 2.52. The Hall–Kier alpha value is -4.04. The Morgan fingerprint density at radius 1 is 1.11 bits per heavy atom. The van der Waals surface area contributed by atoms with Gasteiger partial charge in [-0.25, -0.2) is 9.37 Å². The fourth-order valence-corrected chi connectivity index (χ4v) is 5.71. The van der Waals surface area contributed by atoms with Gasteiger partial charge in [-0.15, -0.1) is 0 Å². The van der Waals surface area contributed by atoms with Crippen LogP contribution in [0.4, 0.5) is 9.52 Å². The van der Waals surface area contributed by atoms with E-state index in [9.17, 15) is 19.1 Å². The lowest BCUT2D eigenvalue weighted by molar-refractivity contribution is -0.132. The minimum atomic E-state index is -0.884. The van der Waals surface area contributed by atoms with Crippen LogP contribution < -0.4 is 9.64 Å². The number of fused-ring (bicyclic) bond motifs is 2. The molecule has 0 bridgehead atoms. The lowest BCUT2D eigenvalue weighted by atomic mass is 9.94. The lowest BCUT2D eigenvalue weighted by Crippen LogP contribution is -2.29. The monoisotopic (exact) mass is 486 g/mol. The molecule has 4 aromatic rings. The first-order chi connectivity index (χ1) is 16.9. The Labute approximate surface area is 203 Å². The number of aromatic nitrogens is 1. The molecule has 2 atom stereocenters. The largest absolute Gasteiger partial charge is 0.507 e. The number of anilines is 1. The third-order valence-electron chi connectivity index (χ3n) is 6.27. The lowest BCUT2D eigenvalue weighted by Gasteiger charge is -2.23. The number of benzene rings is 3. The smallest absolute Gasteiger partial charge is 0.301 e. The number of nitrogens with zero attached hydrogens (tertiary/aromatic N) is 2. The molecule has 0 aliphatic carbocycles. The molecule has 35 heavy (non-hydrogen) atoms. The van der Waals surface area contributed by atoms with Gasteiger partial charge < -0.3 is 9.84 Å². The van der Waals surface area contributed by atoms with E-state index in [1.54, 1.807) is 42.5 Å². The molecule has 0 unspecified atom stereocenters. The van der Waals surface area contributed by atoms with Gasteiger partial charge in [-0.2, -0.15) is 0 Å². The van der Waals surface area contributed by atoms with Crippen LogP contribution in [0.5, 0.6) is 5.75 Å². The van der Waals surface area contributed by atoms with E-state index in [1.807, 2.05) is 13.0 Å². The van der Waals surface area contributed by atoms with Gasteiger partial charge in [0.1, 0.15) is 23.4 Å². The van der Waals surface area contributed by atoms with Crippen LogP contribution in [0.25, 0.3) is 16.0 Å². The van der Waals surface area contributed by atoms with E-state index in [0.717, 1.165) is 22.6 Å². The average molecular weight is 487 g/mol. The molecule has 8 heteroatoms. The Kier molecular flexibility index (Phi) is 4.93. The number of rotatable bonds is 3. The molecule has 3 aromatic carbocycles. The molecule has 0 saturated carbocycles. The molecule has 3 heterocycles. The standard InChI is InChI=1S/C27H19FN2O4S/c1-14-11-17-12-16(7-10-20(17)34-14)24(31)22-23(15-5-3-2-4-6-15)30(26(33)25(22)32)27-29-19-9-8-18(28)13-21(19)35-27/h2-10,12-14,23,31H,11H2,1H3/b24-22+/t14-,23-/m0/s1. The zero-order valence-corrected chi connectivity index (χ0v) is 19.4. The SMILES string of the molecule is C[C@H]1Cc2cc(/C(O)=C3\C(=O)C(=O)N(c4nc5ccc(F)cc5s4)[C@H]3c3ccccc3)ccc2O1. The Balaban J connectivity index is 1.53. The number of carbonyl (C=O) groups excluding carboxylic acids is 2. The topological polar surface area (TPSA) is 79.7 Å². The van der Waals surface area contributed by atoms with E-state index in [-0.39, 0.29) is 22.6 Å². The summed E-state index contributed by atoms with van der Waals surface area (Å²) in [7, 11) is 0. The normalized spacial score (nSPS) is 20.9. The molecule has 1 aromatic heterocycles. The van der Waals surface area contributed by atoms with E-state index in [0.29, 0.717) is 27.8 Å². The van der Waals surface area contributed by atoms with Crippen LogP contribution in [0.15, 0.2) is 72.3 Å². The van der Waals surface area contributed by atoms with Gasteiger partial charge in [0.2, 0.25) is 0 Å². The van der Waals surface area contributed by atoms with Crippen LogP contribution in [-0.4, -0.2) is 27.9 Å². The highest BCUT2D eigenvalue weighted by atomic mass is 32.1. The predicted molar refractivity (Wildman–Crippen MR) is 131 cm³/mol. The highest BCUT2D eigenvalue weighted by Crippen LogP contribution is 2.44. The average Bonchev–Trinajstić information content (AvgIpc) is 3.51. The number of hydrogen-bond donors (Lipinski definition) is 1. The maximum atomic E-state index is 13.8. The molecule has 0 radical (unpaired) electrons. The predicted octanol–water partition coefficient (Wildman–Crippen LogP) is 5.39. The number of aliphatic hydroxyl groups excluding tert-OH is 1. The van der Waals surface area contributed by atoms with Crippen molar-refractivity contribution in [2.75, 3.05) is 4.90 Å². The zero-order chi connectivity index (χ0) is 24.3. The number of ether oxygens (including phenoxy) is 1. The Morgan fingerprint density at radius 2 is 1.91 bits per heavy atom. The number of halogens is 1. The second kappa shape index (κ2) is 8.02. The van der Waals surface area contributed by atoms with E-state index in [4.69, 9.17) is 4.74 Å². The second-order valence-electron chi connectivity index (χ2n) is 8.64. The van der Waals surface area contributed by atoms with E-state index < -0.39 is 23.5 Å². The molecule has 174 valence electrons. The van der Waals surface area contributed by atoms with Gasteiger partial charge in [-0.1, -0.05) is 41.7 Å². The van der Waals surface area contributed by atoms with E-state index >= 15 is 0 Å². The number of ketones is 1. The van der Waals surface area contributed by atoms with Crippen LogP contribution >= 0.6 is 11.3 Å². The maximum Gasteiger partial charge on any atom is 0.301 e. The fourth-order valence-electron chi connectivity index (χ4n) is 4.69. The van der Waals surface area contributed by atoms with Crippen molar-refractivity contribution >= 4 is 44.1 Å². The third kappa shape index (κ3) is 3.49. The first kappa shape index (κ1) is 21.5. The molecule has 2 aliphatic heterocycles. The molecular formula is C27H19FN2O4S. The van der Waals surface area contributed by atoms with Gasteiger partial charge in [-0.05, 0) is 54.4 Å². The van der Waals surface area contributed by atoms with Gasteiger partial charge in [0, 0.05) is 12.0 Å². The van der Waals surface area contributed by atoms with Gasteiger partial charge in [0.15, 0.2) is 5.13 Å². The molecule has 1 N–H and O–H groups in total. The van der Waals surface area contributed by atoms with Crippen LogP contribution in [0.1, 0.15) is 29.7 Å². The maximum absolute atomic E-state index is 13.8. The summed E-state index contributed by atoms with van der Waals surface area (Å²) in [6, 6.07) is 17.6. The van der Waals surface area contributed by atoms with Gasteiger partial charge in [0.05, 0.1) is 21.8 Å². The van der Waals surface area contributed by atoms with Crippen LogP contribution in [0, 0.1) is 5.82 Å². The van der Waals surface area contributed by atoms with E-state index in [1.165, 1.54) is 23.1 Å². The molecule has 2 aliphatic rings. The quantitative estimate of drug-likeness (QED) is 0.239. The third-order valence-corrected chi connectivity index (χ3v) is 7.29. The number of Topliss-reactive ketones (excluding diaryl/α,β-unsaturated/α-hetero) is 1. The number of hydrogen-bond acceptors (Lipinski definition) is 6. The number of thiazole rings is 1. The Morgan fingerprint density at radius 3 is 2.71 bits per heavy atom. The van der Waals surface area contributed by atoms with Crippen molar-refractivity contribution < 1.29 is 23.8 Å². The molecule has 1 saturated heterocycles. The van der Waals surface area contributed by atoms with Crippen molar-refractivity contribution in [2.24, 2.45) is 0 Å². The zero-order valence-electron chi connectivity index (χ0n) is 18.6. The highest BCUT2D eigenvalue weighted by Gasteiger charge is 2.48. The molecule has 0 spiro atoms. The van der Waals surface area contributed by atoms with Crippen LogP contribution in [0.3, 0.4) is 0 Å². The van der Waals surface area contributed by atoms with Gasteiger partial charge in [0.25, 0.3) is 5.78 Å². The highest BCUT2D eigenvalue weighted by molar-refractivity contribution is 7.22. The molecular weight excluding hydrogens is 467 g/mol. The molecule has 6 nitrogen and oxygen atoms in total. The first-order valence-corrected chi connectivity index (χ1v) is 11.9. The second-order valence-corrected chi connectivity index (χ2v) is 9.65. The van der Waals surface area contributed by atoms with Crippen molar-refractivity contribution in [1.29, 1.82) is 0 Å². The van der Waals surface area contributed by atoms with Crippen molar-refractivity contribution in [1.82, 2.24) is 4.98 Å². The van der Waals surface area contributed by atoms with Crippen molar-refractivity contribution in [3.05, 3.63) is 94.8 Å². The summed E-state index contributed by atoms with van der Waals surface area (Å²) >= 11 is 1.12. The molecule has 1 fully saturated rings. The minimum absolute atomic E-state index is 0.0152. The van der Waals surface area contributed by atoms with Crippen LogP contribution in [0.2, 0.25) is 0 Å². The molecule has 1 amide bonds. The van der Waals surface area contributed by atoms with Crippen molar-refractivity contribution in [3.8, 4) is 5.75 Å². The van der Waals surface area contributed by atoms with Crippen molar-refractivity contribution in [3.63, 3.8) is 0 Å². The fraction of sp³-hybridized carbons (Fsp3) is 0.148. The number of amides is 1. The number of aliphatic hydroxyl groups is 1. The summed E-state index contributed by atoms with van der Waals surface area (Å²) in [4.78, 5) is 32.4. The summed E-state index contributed by atoms with van der Waals surface area (Å²) in [6.45, 7) is 1.96. The Bertz CT molecular complexity index is 1550. The minimum Gasteiger partial charge on any atom is -0.507 e. The number of carbonyl (C=O) groups is 2. The van der Waals surface area contributed by atoms with Crippen LogP contribution in [-0.2, 0) is 16.0 Å². The summed E-state index contributed by atoms with van der Waals surface area (Å²) in [5.74, 6) is -1.51. The van der Waals surface area contributed by atoms with Crippen molar-refractivity contribution in [2.45, 2.75) is 25.5 Å². The summed E-state index contributed by atoms with van der Waals surface area (Å²) < 4.78 is 20.1. The first-order valence-electron chi connectivity index (χ1n) is 11.1. The van der Waals surface area contributed by atoms with E-state index in [2.05, 4.69) is 4.98 Å². The summed E-state index contributed by atoms with van der Waals surface area (Å²) in [6.07, 6.45) is 0.719.